The van der Waals surface area contributed by atoms with Gasteiger partial charge in [0.2, 0.25) is 0 Å². The van der Waals surface area contributed by atoms with Gasteiger partial charge in [-0.3, -0.25) is 24.0 Å². The van der Waals surface area contributed by atoms with Crippen LogP contribution in [0.4, 0.5) is 5.82 Å². The van der Waals surface area contributed by atoms with E-state index in [4.69, 9.17) is 5.73 Å². The largest absolute Gasteiger partial charge is 0.384 e. The molecule has 7 heteroatoms. The summed E-state index contributed by atoms with van der Waals surface area (Å²) in [5, 5.41) is 0. The van der Waals surface area contributed by atoms with Gasteiger partial charge in [0, 0.05) is 12.1 Å². The topological polar surface area (TPSA) is 101 Å². The van der Waals surface area contributed by atoms with Crippen LogP contribution in [-0.2, 0) is 0 Å². The summed E-state index contributed by atoms with van der Waals surface area (Å²) in [4.78, 5) is 41.0. The van der Waals surface area contributed by atoms with E-state index in [1.54, 1.807) is 0 Å². The van der Waals surface area contributed by atoms with E-state index in [0.29, 0.717) is 6.04 Å². The Bertz CT molecular complexity index is 724. The number of anilines is 1. The van der Waals surface area contributed by atoms with Gasteiger partial charge < -0.3 is 5.73 Å². The summed E-state index contributed by atoms with van der Waals surface area (Å²) in [6.45, 7) is 0.154. The van der Waals surface area contributed by atoms with E-state index < -0.39 is 11.2 Å². The van der Waals surface area contributed by atoms with Crippen LogP contribution in [0.2, 0.25) is 0 Å². The Morgan fingerprint density at radius 1 is 1.17 bits per heavy atom. The summed E-state index contributed by atoms with van der Waals surface area (Å²) in [6, 6.07) is 0.381. The molecule has 1 heterocycles. The van der Waals surface area contributed by atoms with Crippen LogP contribution in [0.5, 0.6) is 0 Å². The van der Waals surface area contributed by atoms with E-state index >= 15 is 0 Å². The summed E-state index contributed by atoms with van der Waals surface area (Å²) >= 11 is 0. The maximum absolute atomic E-state index is 12.7. The summed E-state index contributed by atoms with van der Waals surface area (Å²) < 4.78 is 1.36. The van der Waals surface area contributed by atoms with Gasteiger partial charge in [0.1, 0.15) is 11.4 Å². The fourth-order valence-electron chi connectivity index (χ4n) is 3.66. The molecule has 7 nitrogen and oxygen atoms in total. The lowest BCUT2D eigenvalue weighted by molar-refractivity contribution is 0.0910. The maximum atomic E-state index is 12.7. The van der Waals surface area contributed by atoms with Crippen molar-refractivity contribution in [3.63, 3.8) is 0 Å². The highest BCUT2D eigenvalue weighted by Gasteiger charge is 2.30. The molecule has 3 N–H and O–H groups in total. The van der Waals surface area contributed by atoms with Gasteiger partial charge in [-0.05, 0) is 32.7 Å². The number of rotatable bonds is 5. The van der Waals surface area contributed by atoms with E-state index in [1.807, 2.05) is 11.9 Å². The van der Waals surface area contributed by atoms with Gasteiger partial charge in [0.25, 0.3) is 5.56 Å². The normalized spacial score (nSPS) is 19.4. The zero-order valence-electron chi connectivity index (χ0n) is 14.2. The van der Waals surface area contributed by atoms with Gasteiger partial charge in [0.05, 0.1) is 6.54 Å². The molecule has 24 heavy (non-hydrogen) atoms. The van der Waals surface area contributed by atoms with Crippen LogP contribution < -0.4 is 17.0 Å². The van der Waals surface area contributed by atoms with E-state index in [2.05, 4.69) is 4.98 Å². The minimum absolute atomic E-state index is 0.0143. The standard InChI is InChI=1S/C17H26N4O3/c1-20(11-6-4-2-3-5-7-11)10-13(22)14-15(18)21(12-8-9-12)17(24)19-16(14)23/h11-12H,2-10,18H2,1H3,(H,19,23,24). The van der Waals surface area contributed by atoms with E-state index in [1.165, 1.54) is 30.3 Å². The van der Waals surface area contributed by atoms with Crippen molar-refractivity contribution < 1.29 is 4.79 Å². The van der Waals surface area contributed by atoms with Crippen LogP contribution in [0.25, 0.3) is 0 Å². The number of hydrogen-bond acceptors (Lipinski definition) is 5. The number of nitrogens with two attached hydrogens (primary N) is 1. The Kier molecular flexibility index (Phi) is 4.89. The van der Waals surface area contributed by atoms with Crippen molar-refractivity contribution in [2.45, 2.75) is 63.5 Å². The second-order valence-electron chi connectivity index (χ2n) is 7.10. The molecule has 3 rings (SSSR count). The summed E-state index contributed by atoms with van der Waals surface area (Å²) in [7, 11) is 1.93. The first-order valence-corrected chi connectivity index (χ1v) is 8.86. The van der Waals surface area contributed by atoms with Crippen molar-refractivity contribution in [1.82, 2.24) is 14.5 Å². The van der Waals surface area contributed by atoms with Crippen molar-refractivity contribution >= 4 is 11.6 Å². The number of carbonyl (C=O) groups excluding carboxylic acids is 1. The molecule has 0 bridgehead atoms. The van der Waals surface area contributed by atoms with Crippen molar-refractivity contribution in [3.8, 4) is 0 Å². The van der Waals surface area contributed by atoms with E-state index in [9.17, 15) is 14.4 Å². The third-order valence-electron chi connectivity index (χ3n) is 5.21. The fourth-order valence-corrected chi connectivity index (χ4v) is 3.66. The number of carbonyl (C=O) groups is 1. The average Bonchev–Trinajstić information content (AvgIpc) is 3.33. The first-order valence-electron chi connectivity index (χ1n) is 8.86. The third kappa shape index (κ3) is 3.45. The predicted molar refractivity (Wildman–Crippen MR) is 92.5 cm³/mol. The smallest absolute Gasteiger partial charge is 0.330 e. The van der Waals surface area contributed by atoms with Crippen LogP contribution in [0.15, 0.2) is 9.59 Å². The van der Waals surface area contributed by atoms with Gasteiger partial charge in [-0.25, -0.2) is 4.79 Å². The molecule has 1 aromatic rings. The number of likely N-dealkylation sites (N-methyl/N-ethyl adjacent to an activating group) is 1. The highest BCUT2D eigenvalue weighted by Crippen LogP contribution is 2.35. The molecule has 0 saturated heterocycles. The van der Waals surface area contributed by atoms with Crippen molar-refractivity contribution in [3.05, 3.63) is 26.4 Å². The SMILES string of the molecule is CN(CC(=O)c1c(N)n(C2CC2)c(=O)[nH]c1=O)C1CCCCCC1. The molecule has 0 atom stereocenters. The number of hydrogen-bond donors (Lipinski definition) is 2. The molecule has 0 radical (unpaired) electrons. The number of Topliss-reactive ketones (excluding diaryl/α,β-unsaturated/α-hetero) is 1. The summed E-state index contributed by atoms with van der Waals surface area (Å²) in [5.41, 5.74) is 4.75. The summed E-state index contributed by atoms with van der Waals surface area (Å²) in [6.07, 6.45) is 8.72. The van der Waals surface area contributed by atoms with Crippen molar-refractivity contribution in [2.24, 2.45) is 0 Å². The van der Waals surface area contributed by atoms with Crippen LogP contribution in [0.1, 0.15) is 67.8 Å². The molecule has 2 aliphatic rings. The Labute approximate surface area is 140 Å². The first kappa shape index (κ1) is 17.0. The molecule has 2 saturated carbocycles. The van der Waals surface area contributed by atoms with Crippen LogP contribution >= 0.6 is 0 Å². The quantitative estimate of drug-likeness (QED) is 0.624. The number of nitrogens with zero attached hydrogens (tertiary/aromatic N) is 2. The van der Waals surface area contributed by atoms with Crippen molar-refractivity contribution in [2.75, 3.05) is 19.3 Å². The number of nitrogens with one attached hydrogen (secondary N) is 1. The lowest BCUT2D eigenvalue weighted by atomic mass is 10.1. The van der Waals surface area contributed by atoms with E-state index in [0.717, 1.165) is 25.7 Å². The summed E-state index contributed by atoms with van der Waals surface area (Å²) in [5.74, 6) is -0.291. The molecule has 0 unspecified atom stereocenters. The number of nitrogen functional groups attached to an aromatic ring is 1. The molecule has 0 aromatic carbocycles. The highest BCUT2D eigenvalue weighted by atomic mass is 16.2. The Morgan fingerprint density at radius 3 is 2.38 bits per heavy atom. The van der Waals surface area contributed by atoms with Gasteiger partial charge in [-0.15, -0.1) is 0 Å². The molecule has 1 aromatic heterocycles. The van der Waals surface area contributed by atoms with Gasteiger partial charge in [-0.1, -0.05) is 25.7 Å². The Morgan fingerprint density at radius 2 is 1.79 bits per heavy atom. The zero-order chi connectivity index (χ0) is 17.3. The maximum Gasteiger partial charge on any atom is 0.330 e. The van der Waals surface area contributed by atoms with Gasteiger partial charge in [0.15, 0.2) is 5.78 Å². The molecule has 2 aliphatic carbocycles. The average molecular weight is 334 g/mol. The molecule has 0 amide bonds. The van der Waals surface area contributed by atoms with Crippen LogP contribution in [0.3, 0.4) is 0 Å². The third-order valence-corrected chi connectivity index (χ3v) is 5.21. The second-order valence-corrected chi connectivity index (χ2v) is 7.10. The zero-order valence-corrected chi connectivity index (χ0v) is 14.2. The molecule has 0 spiro atoms. The molecule has 2 fully saturated rings. The van der Waals surface area contributed by atoms with Crippen LogP contribution in [-0.4, -0.2) is 39.9 Å². The number of aromatic nitrogens is 2. The number of H-pyrrole nitrogens is 1. The molecule has 0 aliphatic heterocycles. The fraction of sp³-hybridized carbons (Fsp3) is 0.706. The lowest BCUT2D eigenvalue weighted by Crippen LogP contribution is -2.40. The highest BCUT2D eigenvalue weighted by molar-refractivity contribution is 6.01. The van der Waals surface area contributed by atoms with Gasteiger partial charge in [-0.2, -0.15) is 0 Å². The first-order chi connectivity index (χ1) is 11.5. The molecule has 132 valence electrons. The molecular formula is C17H26N4O3. The Hall–Kier alpha value is -1.89. The molecular weight excluding hydrogens is 308 g/mol. The predicted octanol–water partition coefficient (Wildman–Crippen LogP) is 1.29. The second kappa shape index (κ2) is 6.93. The van der Waals surface area contributed by atoms with Gasteiger partial charge >= 0.3 is 5.69 Å². The number of ketones is 1. The monoisotopic (exact) mass is 334 g/mol. The number of aromatic amines is 1. The Balaban J connectivity index is 1.80. The van der Waals surface area contributed by atoms with Crippen molar-refractivity contribution in [1.29, 1.82) is 0 Å². The minimum atomic E-state index is -0.673. The van der Waals surface area contributed by atoms with Crippen LogP contribution in [0, 0.1) is 0 Å². The lowest BCUT2D eigenvalue weighted by Gasteiger charge is -2.26. The van der Waals surface area contributed by atoms with E-state index in [-0.39, 0.29) is 29.8 Å². The minimum Gasteiger partial charge on any atom is -0.384 e.